The first-order valence-corrected chi connectivity index (χ1v) is 4.00. The van der Waals surface area contributed by atoms with Crippen molar-refractivity contribution in [3.8, 4) is 0 Å². The van der Waals surface area contributed by atoms with Gasteiger partial charge in [-0.3, -0.25) is 0 Å². The van der Waals surface area contributed by atoms with E-state index in [9.17, 15) is 9.59 Å². The fourth-order valence-electron chi connectivity index (χ4n) is 0.342. The van der Waals surface area contributed by atoms with Crippen molar-refractivity contribution >= 4 is 12.6 Å². The Bertz CT molecular complexity index is 103. The van der Waals surface area contributed by atoms with Crippen LogP contribution >= 0.6 is 0 Å². The second-order valence-electron chi connectivity index (χ2n) is 2.28. The van der Waals surface area contributed by atoms with Crippen LogP contribution in [0.3, 0.4) is 0 Å². The molecule has 0 saturated carbocycles. The van der Waals surface area contributed by atoms with E-state index in [0.29, 0.717) is 19.3 Å². The Kier molecular flexibility index (Phi) is 15.6. The second-order valence-corrected chi connectivity index (χ2v) is 2.28. The van der Waals surface area contributed by atoms with Crippen molar-refractivity contribution in [1.29, 1.82) is 0 Å². The van der Waals surface area contributed by atoms with Crippen molar-refractivity contribution in [2.75, 3.05) is 13.2 Å². The first-order valence-electron chi connectivity index (χ1n) is 4.00. The molecule has 0 atom stereocenters. The number of aliphatic hydroxyl groups is 3. The highest BCUT2D eigenvalue weighted by atomic mass is 16.3. The van der Waals surface area contributed by atoms with Crippen LogP contribution in [0.15, 0.2) is 0 Å². The average molecular weight is 192 g/mol. The topological polar surface area (TPSA) is 94.8 Å². The van der Waals surface area contributed by atoms with Gasteiger partial charge in [0, 0.05) is 12.8 Å². The fourth-order valence-corrected chi connectivity index (χ4v) is 0.342. The molecule has 0 amide bonds. The van der Waals surface area contributed by atoms with Gasteiger partial charge < -0.3 is 24.9 Å². The zero-order chi connectivity index (χ0) is 10.5. The molecular weight excluding hydrogens is 176 g/mol. The van der Waals surface area contributed by atoms with Crippen molar-refractivity contribution in [3.05, 3.63) is 0 Å². The van der Waals surface area contributed by atoms with E-state index in [-0.39, 0.29) is 13.2 Å². The van der Waals surface area contributed by atoms with Crippen molar-refractivity contribution in [2.45, 2.75) is 25.4 Å². The van der Waals surface area contributed by atoms with Crippen LogP contribution < -0.4 is 0 Å². The maximum atomic E-state index is 9.56. The quantitative estimate of drug-likeness (QED) is 0.366. The summed E-state index contributed by atoms with van der Waals surface area (Å²) >= 11 is 0. The molecule has 0 radical (unpaired) electrons. The summed E-state index contributed by atoms with van der Waals surface area (Å²) in [5.41, 5.74) is 0. The lowest BCUT2D eigenvalue weighted by atomic mass is 10.3. The minimum absolute atomic E-state index is 0.365. The van der Waals surface area contributed by atoms with Gasteiger partial charge in [-0.25, -0.2) is 0 Å². The molecule has 3 N–H and O–H groups in total. The zero-order valence-electron chi connectivity index (χ0n) is 7.43. The van der Waals surface area contributed by atoms with E-state index in [4.69, 9.17) is 15.3 Å². The van der Waals surface area contributed by atoms with Gasteiger partial charge in [0.15, 0.2) is 0 Å². The molecular formula is C8H16O5. The molecule has 0 fully saturated rings. The highest BCUT2D eigenvalue weighted by molar-refractivity contribution is 5.52. The Morgan fingerprint density at radius 3 is 1.54 bits per heavy atom. The van der Waals surface area contributed by atoms with Crippen LogP contribution in [0.5, 0.6) is 0 Å². The standard InChI is InChI=1S/C5H8O2.C3H8O3/c6-4-2-1-3-5-7;4-1-3(6)2-5/h4-5H,1-3H2;3-6H,1-2H2. The third-order valence-corrected chi connectivity index (χ3v) is 1.07. The second kappa shape index (κ2) is 13.8. The van der Waals surface area contributed by atoms with Crippen molar-refractivity contribution in [3.63, 3.8) is 0 Å². The summed E-state index contributed by atoms with van der Waals surface area (Å²) in [6, 6.07) is 0. The summed E-state index contributed by atoms with van der Waals surface area (Å²) in [4.78, 5) is 19.1. The maximum absolute atomic E-state index is 9.56. The molecule has 0 aliphatic rings. The first kappa shape index (κ1) is 14.7. The van der Waals surface area contributed by atoms with E-state index >= 15 is 0 Å². The molecule has 5 heteroatoms. The molecule has 13 heavy (non-hydrogen) atoms. The molecule has 0 aliphatic carbocycles. The lowest BCUT2D eigenvalue weighted by Crippen LogP contribution is -2.15. The lowest BCUT2D eigenvalue weighted by molar-refractivity contribution is -0.108. The van der Waals surface area contributed by atoms with Gasteiger partial charge in [0.05, 0.1) is 13.2 Å². The Morgan fingerprint density at radius 1 is 1.00 bits per heavy atom. The van der Waals surface area contributed by atoms with E-state index in [0.717, 1.165) is 12.6 Å². The van der Waals surface area contributed by atoms with Gasteiger partial charge in [0.1, 0.15) is 18.7 Å². The third-order valence-electron chi connectivity index (χ3n) is 1.07. The number of unbranched alkanes of at least 4 members (excludes halogenated alkanes) is 2. The van der Waals surface area contributed by atoms with E-state index in [1.54, 1.807) is 0 Å². The molecule has 0 aromatic heterocycles. The minimum Gasteiger partial charge on any atom is -0.394 e. The Balaban J connectivity index is 0. The van der Waals surface area contributed by atoms with Gasteiger partial charge in [-0.1, -0.05) is 0 Å². The van der Waals surface area contributed by atoms with Crippen molar-refractivity contribution in [2.24, 2.45) is 0 Å². The minimum atomic E-state index is -0.954. The number of carbonyl (C=O) groups is 2. The molecule has 0 unspecified atom stereocenters. The monoisotopic (exact) mass is 192 g/mol. The van der Waals surface area contributed by atoms with Gasteiger partial charge in [0.2, 0.25) is 0 Å². The lowest BCUT2D eigenvalue weighted by Gasteiger charge is -1.96. The Morgan fingerprint density at radius 2 is 1.38 bits per heavy atom. The van der Waals surface area contributed by atoms with Gasteiger partial charge in [-0.2, -0.15) is 0 Å². The zero-order valence-corrected chi connectivity index (χ0v) is 7.43. The molecule has 0 heterocycles. The molecule has 0 aromatic rings. The summed E-state index contributed by atoms with van der Waals surface area (Å²) in [7, 11) is 0. The van der Waals surface area contributed by atoms with Crippen molar-refractivity contribution < 1.29 is 24.9 Å². The number of carbonyl (C=O) groups excluding carboxylic acids is 2. The molecule has 0 aromatic carbocycles. The fraction of sp³-hybridized carbons (Fsp3) is 0.750. The van der Waals surface area contributed by atoms with Crippen LogP contribution in [0.25, 0.3) is 0 Å². The van der Waals surface area contributed by atoms with Crippen LogP contribution in [0.4, 0.5) is 0 Å². The van der Waals surface area contributed by atoms with Gasteiger partial charge in [-0.15, -0.1) is 0 Å². The molecule has 0 bridgehead atoms. The molecule has 5 nitrogen and oxygen atoms in total. The Labute approximate surface area is 77.0 Å². The molecule has 0 aliphatic heterocycles. The SMILES string of the molecule is O=CCCCC=O.OCC(O)CO. The summed E-state index contributed by atoms with van der Waals surface area (Å²) in [6.45, 7) is -0.729. The highest BCUT2D eigenvalue weighted by Crippen LogP contribution is 1.85. The third kappa shape index (κ3) is 18.3. The largest absolute Gasteiger partial charge is 0.394 e. The van der Waals surface area contributed by atoms with E-state index in [1.165, 1.54) is 0 Å². The molecule has 0 saturated heterocycles. The summed E-state index contributed by atoms with van der Waals surface area (Å²) in [5.74, 6) is 0. The first-order chi connectivity index (χ1) is 6.22. The van der Waals surface area contributed by atoms with Gasteiger partial charge in [0.25, 0.3) is 0 Å². The van der Waals surface area contributed by atoms with Gasteiger partial charge in [-0.05, 0) is 6.42 Å². The van der Waals surface area contributed by atoms with E-state index in [1.807, 2.05) is 0 Å². The maximum Gasteiger partial charge on any atom is 0.120 e. The number of hydrogen-bond acceptors (Lipinski definition) is 5. The van der Waals surface area contributed by atoms with E-state index < -0.39 is 6.10 Å². The summed E-state index contributed by atoms with van der Waals surface area (Å²) in [5, 5.41) is 24.0. The number of aldehydes is 2. The van der Waals surface area contributed by atoms with Crippen LogP contribution in [0.2, 0.25) is 0 Å². The predicted molar refractivity (Wildman–Crippen MR) is 46.2 cm³/mol. The highest BCUT2D eigenvalue weighted by Gasteiger charge is 1.93. The van der Waals surface area contributed by atoms with Crippen LogP contribution in [-0.2, 0) is 9.59 Å². The Hall–Kier alpha value is -0.780. The van der Waals surface area contributed by atoms with Crippen LogP contribution in [0.1, 0.15) is 19.3 Å². The van der Waals surface area contributed by atoms with Crippen molar-refractivity contribution in [1.82, 2.24) is 0 Å². The predicted octanol–water partition coefficient (Wildman–Crippen LogP) is -1.11. The molecule has 78 valence electrons. The average Bonchev–Trinajstić information content (AvgIpc) is 2.18. The van der Waals surface area contributed by atoms with Crippen LogP contribution in [0, 0.1) is 0 Å². The smallest absolute Gasteiger partial charge is 0.120 e. The van der Waals surface area contributed by atoms with Crippen LogP contribution in [-0.4, -0.2) is 47.2 Å². The normalized spacial score (nSPS) is 8.92. The number of aliphatic hydroxyl groups excluding tert-OH is 3. The number of hydrogen-bond donors (Lipinski definition) is 3. The molecule has 0 spiro atoms. The summed E-state index contributed by atoms with van der Waals surface area (Å²) < 4.78 is 0. The number of rotatable bonds is 6. The van der Waals surface area contributed by atoms with Gasteiger partial charge >= 0.3 is 0 Å². The summed E-state index contributed by atoms with van der Waals surface area (Å²) in [6.07, 6.45) is 2.42. The molecule has 0 rings (SSSR count). The van der Waals surface area contributed by atoms with E-state index in [2.05, 4.69) is 0 Å².